The number of carbonyl (C=O) groups is 2. The summed E-state index contributed by atoms with van der Waals surface area (Å²) in [7, 11) is 0. The Morgan fingerprint density at radius 1 is 1.35 bits per heavy atom. The average Bonchev–Trinajstić information content (AvgIpc) is 2.79. The molecule has 1 amide bonds. The zero-order valence-electron chi connectivity index (χ0n) is 13.2. The van der Waals surface area contributed by atoms with Gasteiger partial charge in [-0.2, -0.15) is 9.97 Å². The number of ether oxygens (including phenoxy) is 1. The van der Waals surface area contributed by atoms with E-state index in [0.717, 1.165) is 0 Å². The number of rotatable bonds is 6. The van der Waals surface area contributed by atoms with Gasteiger partial charge in [-0.3, -0.25) is 9.59 Å². The first-order valence-electron chi connectivity index (χ1n) is 7.34. The Labute approximate surface area is 133 Å². The molecule has 9 nitrogen and oxygen atoms in total. The maximum absolute atomic E-state index is 12.1. The molecule has 0 saturated heterocycles. The number of anilines is 2. The summed E-state index contributed by atoms with van der Waals surface area (Å²) in [4.78, 5) is 32.3. The number of aromatic nitrogens is 2. The lowest BCUT2D eigenvalue weighted by molar-refractivity contribution is -0.141. The Morgan fingerprint density at radius 3 is 2.65 bits per heavy atom. The fourth-order valence-electron chi connectivity index (χ4n) is 2.63. The summed E-state index contributed by atoms with van der Waals surface area (Å²) >= 11 is 0. The monoisotopic (exact) mass is 323 g/mol. The second-order valence-corrected chi connectivity index (χ2v) is 5.78. The van der Waals surface area contributed by atoms with E-state index in [2.05, 4.69) is 9.97 Å². The number of nitrogens with two attached hydrogens (primary N) is 2. The van der Waals surface area contributed by atoms with Crippen LogP contribution < -0.4 is 16.2 Å². The van der Waals surface area contributed by atoms with Crippen LogP contribution in [0.3, 0.4) is 0 Å². The molecule has 1 aromatic rings. The molecule has 0 fully saturated rings. The topological polar surface area (TPSA) is 145 Å². The first kappa shape index (κ1) is 16.8. The van der Waals surface area contributed by atoms with Crippen molar-refractivity contribution in [3.8, 4) is 5.88 Å². The molecular weight excluding hydrogens is 302 g/mol. The molecule has 0 radical (unpaired) electrons. The van der Waals surface area contributed by atoms with Crippen molar-refractivity contribution in [3.05, 3.63) is 5.56 Å². The molecule has 1 atom stereocenters. The van der Waals surface area contributed by atoms with Crippen molar-refractivity contribution in [2.45, 2.75) is 38.7 Å². The third-order valence-corrected chi connectivity index (χ3v) is 3.72. The van der Waals surface area contributed by atoms with Gasteiger partial charge in [0.1, 0.15) is 11.4 Å². The Morgan fingerprint density at radius 2 is 2.04 bits per heavy atom. The Bertz CT molecular complexity index is 636. The summed E-state index contributed by atoms with van der Waals surface area (Å²) < 4.78 is 5.84. The number of likely N-dealkylation sites (N-methyl/N-ethyl adjacent to an activating group) is 1. The minimum atomic E-state index is -0.997. The molecule has 0 bridgehead atoms. The van der Waals surface area contributed by atoms with Crippen molar-refractivity contribution in [1.82, 2.24) is 14.9 Å². The lowest BCUT2D eigenvalue weighted by Crippen LogP contribution is -2.46. The molecule has 0 spiro atoms. The van der Waals surface area contributed by atoms with Gasteiger partial charge in [-0.1, -0.05) is 0 Å². The average molecular weight is 323 g/mol. The number of aliphatic carboxylic acids is 1. The maximum atomic E-state index is 12.1. The van der Waals surface area contributed by atoms with Crippen LogP contribution in [0.4, 0.5) is 11.8 Å². The zero-order chi connectivity index (χ0) is 17.2. The molecule has 1 aromatic heterocycles. The van der Waals surface area contributed by atoms with Crippen molar-refractivity contribution >= 4 is 23.6 Å². The van der Waals surface area contributed by atoms with Gasteiger partial charge in [0.25, 0.3) is 0 Å². The molecule has 0 aromatic carbocycles. The van der Waals surface area contributed by atoms with Crippen LogP contribution in [-0.4, -0.2) is 50.5 Å². The second kappa shape index (κ2) is 6.27. The molecule has 0 saturated carbocycles. The van der Waals surface area contributed by atoms with Crippen molar-refractivity contribution in [3.63, 3.8) is 0 Å². The van der Waals surface area contributed by atoms with E-state index in [1.54, 1.807) is 4.90 Å². The van der Waals surface area contributed by atoms with Crippen LogP contribution in [0.1, 0.15) is 32.3 Å². The van der Waals surface area contributed by atoms with Crippen LogP contribution in [0, 0.1) is 0 Å². The number of carbonyl (C=O) groups excluding carboxylic acids is 1. The number of amides is 1. The SMILES string of the molecule is CCN(C[C@]1(C)Cc2c(N)nc(N)nc2O1)C(=O)CCC(=O)O. The maximum Gasteiger partial charge on any atom is 0.303 e. The van der Waals surface area contributed by atoms with E-state index in [1.807, 2.05) is 13.8 Å². The number of carboxylic acid groups (broad SMARTS) is 1. The molecule has 0 unspecified atom stereocenters. The van der Waals surface area contributed by atoms with E-state index in [-0.39, 0.29) is 30.5 Å². The van der Waals surface area contributed by atoms with E-state index < -0.39 is 11.6 Å². The Hall–Kier alpha value is -2.58. The van der Waals surface area contributed by atoms with Crippen LogP contribution in [0.5, 0.6) is 5.88 Å². The summed E-state index contributed by atoms with van der Waals surface area (Å²) in [5.41, 5.74) is 11.4. The number of fused-ring (bicyclic) bond motifs is 1. The summed E-state index contributed by atoms with van der Waals surface area (Å²) in [6.07, 6.45) is 0.223. The first-order chi connectivity index (χ1) is 10.7. The largest absolute Gasteiger partial charge is 0.481 e. The van der Waals surface area contributed by atoms with E-state index in [9.17, 15) is 9.59 Å². The molecular formula is C14H21N5O4. The molecule has 9 heteroatoms. The quantitative estimate of drug-likeness (QED) is 0.665. The van der Waals surface area contributed by atoms with Gasteiger partial charge >= 0.3 is 5.97 Å². The second-order valence-electron chi connectivity index (χ2n) is 5.78. The van der Waals surface area contributed by atoms with Gasteiger partial charge in [0.2, 0.25) is 17.7 Å². The first-order valence-corrected chi connectivity index (χ1v) is 7.34. The van der Waals surface area contributed by atoms with Crippen molar-refractivity contribution in [2.24, 2.45) is 0 Å². The normalized spacial score (nSPS) is 19.0. The zero-order valence-corrected chi connectivity index (χ0v) is 13.2. The Kier molecular flexibility index (Phi) is 4.57. The predicted molar refractivity (Wildman–Crippen MR) is 82.7 cm³/mol. The summed E-state index contributed by atoms with van der Waals surface area (Å²) in [6, 6.07) is 0. The fourth-order valence-corrected chi connectivity index (χ4v) is 2.63. The molecule has 2 rings (SSSR count). The van der Waals surface area contributed by atoms with Crippen LogP contribution in [0.25, 0.3) is 0 Å². The van der Waals surface area contributed by atoms with Crippen molar-refractivity contribution < 1.29 is 19.4 Å². The third kappa shape index (κ3) is 3.79. The van der Waals surface area contributed by atoms with Gasteiger partial charge in [-0.25, -0.2) is 0 Å². The molecule has 23 heavy (non-hydrogen) atoms. The van der Waals surface area contributed by atoms with Gasteiger partial charge in [0.05, 0.1) is 18.5 Å². The molecule has 2 heterocycles. The molecule has 1 aliphatic rings. The number of hydrogen-bond donors (Lipinski definition) is 3. The number of nitrogens with zero attached hydrogens (tertiary/aromatic N) is 3. The summed E-state index contributed by atoms with van der Waals surface area (Å²) in [5, 5.41) is 8.69. The fraction of sp³-hybridized carbons (Fsp3) is 0.571. The van der Waals surface area contributed by atoms with Crippen LogP contribution in [-0.2, 0) is 16.0 Å². The van der Waals surface area contributed by atoms with Gasteiger partial charge in [0.15, 0.2) is 0 Å². The highest BCUT2D eigenvalue weighted by Crippen LogP contribution is 2.37. The van der Waals surface area contributed by atoms with E-state index in [4.69, 9.17) is 21.3 Å². The molecule has 126 valence electrons. The third-order valence-electron chi connectivity index (χ3n) is 3.72. The lowest BCUT2D eigenvalue weighted by atomic mass is 9.99. The highest BCUT2D eigenvalue weighted by atomic mass is 16.5. The summed E-state index contributed by atoms with van der Waals surface area (Å²) in [6.45, 7) is 4.43. The van der Waals surface area contributed by atoms with E-state index in [1.165, 1.54) is 0 Å². The van der Waals surface area contributed by atoms with Crippen LogP contribution in [0.15, 0.2) is 0 Å². The van der Waals surface area contributed by atoms with Crippen LogP contribution >= 0.6 is 0 Å². The van der Waals surface area contributed by atoms with E-state index >= 15 is 0 Å². The molecule has 5 N–H and O–H groups in total. The predicted octanol–water partition coefficient (Wildman–Crippen LogP) is 0.0479. The van der Waals surface area contributed by atoms with E-state index in [0.29, 0.717) is 31.0 Å². The summed E-state index contributed by atoms with van der Waals surface area (Å²) in [5.74, 6) is -0.573. The van der Waals surface area contributed by atoms with Gasteiger partial charge in [-0.15, -0.1) is 0 Å². The highest BCUT2D eigenvalue weighted by Gasteiger charge is 2.40. The van der Waals surface area contributed by atoms with Gasteiger partial charge < -0.3 is 26.2 Å². The number of hydrogen-bond acceptors (Lipinski definition) is 7. The number of nitrogen functional groups attached to an aromatic ring is 2. The molecule has 1 aliphatic heterocycles. The Balaban J connectivity index is 2.08. The standard InChI is InChI=1S/C14H21N5O4/c1-3-19(9(20)4-5-10(21)22)7-14(2)6-8-11(15)17-13(16)18-12(8)23-14/h3-7H2,1-2H3,(H,21,22)(H4,15,16,17,18)/t14-/m0/s1. The van der Waals surface area contributed by atoms with Crippen LogP contribution in [0.2, 0.25) is 0 Å². The minimum Gasteiger partial charge on any atom is -0.481 e. The lowest BCUT2D eigenvalue weighted by Gasteiger charge is -2.31. The van der Waals surface area contributed by atoms with Gasteiger partial charge in [0, 0.05) is 19.4 Å². The minimum absolute atomic E-state index is 0.0374. The smallest absolute Gasteiger partial charge is 0.303 e. The molecule has 0 aliphatic carbocycles. The number of carboxylic acids is 1. The highest BCUT2D eigenvalue weighted by molar-refractivity contribution is 5.80. The van der Waals surface area contributed by atoms with Gasteiger partial charge in [-0.05, 0) is 13.8 Å². The van der Waals surface area contributed by atoms with Crippen molar-refractivity contribution in [1.29, 1.82) is 0 Å². The van der Waals surface area contributed by atoms with Crippen molar-refractivity contribution in [2.75, 3.05) is 24.6 Å².